The average Bonchev–Trinajstić information content (AvgIpc) is 2.60. The normalized spacial score (nSPS) is 10.4. The Kier molecular flexibility index (Phi) is 6.01. The number of aromatic hydroxyl groups is 1. The number of carbonyl (C=O) groups excluding carboxylic acids is 1. The summed E-state index contributed by atoms with van der Waals surface area (Å²) in [6, 6.07) is 12.0. The van der Waals surface area contributed by atoms with Crippen molar-refractivity contribution < 1.29 is 19.4 Å². The van der Waals surface area contributed by atoms with Crippen LogP contribution in [-0.2, 0) is 4.79 Å². The van der Waals surface area contributed by atoms with E-state index in [1.54, 1.807) is 31.4 Å². The molecule has 0 unspecified atom stereocenters. The number of phenolic OH excluding ortho intramolecular Hbond substituents is 1. The van der Waals surface area contributed by atoms with E-state index in [0.29, 0.717) is 11.3 Å². The number of hydrazone groups is 1. The van der Waals surface area contributed by atoms with Crippen molar-refractivity contribution in [3.63, 3.8) is 0 Å². The number of hydrogen-bond acceptors (Lipinski definition) is 6. The van der Waals surface area contributed by atoms with Gasteiger partial charge < -0.3 is 19.9 Å². The van der Waals surface area contributed by atoms with Gasteiger partial charge in [-0.25, -0.2) is 5.43 Å². The molecule has 2 aromatic rings. The highest BCUT2D eigenvalue weighted by atomic mass is 16.5. The Labute approximate surface area is 139 Å². The van der Waals surface area contributed by atoms with E-state index in [0.717, 1.165) is 11.4 Å². The number of anilines is 1. The minimum atomic E-state index is -0.292. The zero-order valence-corrected chi connectivity index (χ0v) is 13.4. The van der Waals surface area contributed by atoms with E-state index in [1.165, 1.54) is 19.4 Å². The van der Waals surface area contributed by atoms with Gasteiger partial charge in [0.15, 0.2) is 11.5 Å². The van der Waals surface area contributed by atoms with Crippen molar-refractivity contribution in [1.82, 2.24) is 5.43 Å². The zero-order valence-electron chi connectivity index (χ0n) is 13.4. The van der Waals surface area contributed by atoms with E-state index < -0.39 is 0 Å². The van der Waals surface area contributed by atoms with Crippen LogP contribution in [0.25, 0.3) is 0 Å². The van der Waals surface area contributed by atoms with Gasteiger partial charge in [0.25, 0.3) is 5.91 Å². The minimum Gasteiger partial charge on any atom is -0.504 e. The molecule has 3 N–H and O–H groups in total. The lowest BCUT2D eigenvalue weighted by atomic mass is 10.2. The van der Waals surface area contributed by atoms with Crippen LogP contribution in [-0.4, -0.2) is 38.0 Å². The fourth-order valence-electron chi connectivity index (χ4n) is 1.90. The second kappa shape index (κ2) is 8.42. The summed E-state index contributed by atoms with van der Waals surface area (Å²) in [6.45, 7) is 0.0809. The van der Waals surface area contributed by atoms with E-state index in [2.05, 4.69) is 15.8 Å². The van der Waals surface area contributed by atoms with E-state index in [1.807, 2.05) is 12.1 Å². The number of phenols is 1. The van der Waals surface area contributed by atoms with Crippen LogP contribution in [0.2, 0.25) is 0 Å². The predicted octanol–water partition coefficient (Wildman–Crippen LogP) is 1.97. The number of methoxy groups -OCH3 is 2. The van der Waals surface area contributed by atoms with E-state index in [9.17, 15) is 9.90 Å². The van der Waals surface area contributed by atoms with Gasteiger partial charge in [-0.1, -0.05) is 0 Å². The first-order valence-electron chi connectivity index (χ1n) is 7.19. The molecule has 0 spiro atoms. The number of ether oxygens (including phenoxy) is 2. The molecule has 126 valence electrons. The Morgan fingerprint density at radius 1 is 1.17 bits per heavy atom. The molecule has 0 bridgehead atoms. The van der Waals surface area contributed by atoms with Crippen molar-refractivity contribution >= 4 is 17.8 Å². The van der Waals surface area contributed by atoms with Crippen LogP contribution < -0.4 is 20.2 Å². The summed E-state index contributed by atoms with van der Waals surface area (Å²) in [6.07, 6.45) is 1.43. The van der Waals surface area contributed by atoms with E-state index in [-0.39, 0.29) is 18.2 Å². The maximum Gasteiger partial charge on any atom is 0.259 e. The molecular formula is C17H19N3O4. The molecule has 0 saturated heterocycles. The molecule has 0 saturated carbocycles. The number of hydrogen-bond donors (Lipinski definition) is 3. The third-order valence-corrected chi connectivity index (χ3v) is 3.15. The van der Waals surface area contributed by atoms with Crippen LogP contribution in [0, 0.1) is 0 Å². The summed E-state index contributed by atoms with van der Waals surface area (Å²) < 4.78 is 10.0. The lowest BCUT2D eigenvalue weighted by molar-refractivity contribution is -0.119. The van der Waals surface area contributed by atoms with Crippen LogP contribution in [0.5, 0.6) is 17.2 Å². The SMILES string of the molecule is COc1ccc(NCC(=O)N/N=C\c2ccc(OC)c(O)c2)cc1. The number of benzene rings is 2. The highest BCUT2D eigenvalue weighted by Crippen LogP contribution is 2.25. The highest BCUT2D eigenvalue weighted by Gasteiger charge is 2.02. The van der Waals surface area contributed by atoms with Crippen molar-refractivity contribution in [3.8, 4) is 17.2 Å². The minimum absolute atomic E-state index is 0.00829. The van der Waals surface area contributed by atoms with Gasteiger partial charge in [-0.2, -0.15) is 5.10 Å². The van der Waals surface area contributed by atoms with Crippen LogP contribution in [0.4, 0.5) is 5.69 Å². The average molecular weight is 329 g/mol. The van der Waals surface area contributed by atoms with Gasteiger partial charge in [0.1, 0.15) is 5.75 Å². The first kappa shape index (κ1) is 17.1. The van der Waals surface area contributed by atoms with Crippen LogP contribution >= 0.6 is 0 Å². The second-order valence-electron chi connectivity index (χ2n) is 4.81. The molecule has 2 rings (SSSR count). The highest BCUT2D eigenvalue weighted by molar-refractivity contribution is 5.84. The van der Waals surface area contributed by atoms with Gasteiger partial charge in [0, 0.05) is 5.69 Å². The predicted molar refractivity (Wildman–Crippen MR) is 91.9 cm³/mol. The zero-order chi connectivity index (χ0) is 17.4. The molecule has 0 radical (unpaired) electrons. The van der Waals surface area contributed by atoms with Gasteiger partial charge in [0.2, 0.25) is 0 Å². The van der Waals surface area contributed by atoms with Crippen molar-refractivity contribution in [1.29, 1.82) is 0 Å². The van der Waals surface area contributed by atoms with E-state index in [4.69, 9.17) is 9.47 Å². The summed E-state index contributed by atoms with van der Waals surface area (Å²) in [4.78, 5) is 11.7. The molecule has 0 aliphatic heterocycles. The van der Waals surface area contributed by atoms with Gasteiger partial charge in [-0.05, 0) is 48.0 Å². The van der Waals surface area contributed by atoms with Crippen molar-refractivity contribution in [2.24, 2.45) is 5.10 Å². The second-order valence-corrected chi connectivity index (χ2v) is 4.81. The Bertz CT molecular complexity index is 714. The number of amides is 1. The quantitative estimate of drug-likeness (QED) is 0.533. The van der Waals surface area contributed by atoms with Crippen LogP contribution in [0.3, 0.4) is 0 Å². The molecule has 0 fully saturated rings. The van der Waals surface area contributed by atoms with Gasteiger partial charge >= 0.3 is 0 Å². The summed E-state index contributed by atoms with van der Waals surface area (Å²) in [5, 5.41) is 16.5. The van der Waals surface area contributed by atoms with Crippen molar-refractivity contribution in [3.05, 3.63) is 48.0 Å². The van der Waals surface area contributed by atoms with Gasteiger partial charge in [-0.15, -0.1) is 0 Å². The molecule has 0 aliphatic rings. The lowest BCUT2D eigenvalue weighted by Crippen LogP contribution is -2.25. The topological polar surface area (TPSA) is 92.2 Å². The van der Waals surface area contributed by atoms with Crippen molar-refractivity contribution in [2.75, 3.05) is 26.1 Å². The number of nitrogens with one attached hydrogen (secondary N) is 2. The summed E-state index contributed by atoms with van der Waals surface area (Å²) >= 11 is 0. The molecule has 24 heavy (non-hydrogen) atoms. The Morgan fingerprint density at radius 2 is 1.92 bits per heavy atom. The molecule has 7 nitrogen and oxygen atoms in total. The Morgan fingerprint density at radius 3 is 2.54 bits per heavy atom. The van der Waals surface area contributed by atoms with Crippen molar-refractivity contribution in [2.45, 2.75) is 0 Å². The first-order chi connectivity index (χ1) is 11.6. The maximum atomic E-state index is 11.7. The molecule has 0 atom stereocenters. The monoisotopic (exact) mass is 329 g/mol. The van der Waals surface area contributed by atoms with Gasteiger partial charge in [0.05, 0.1) is 27.0 Å². The molecule has 7 heteroatoms. The fourth-order valence-corrected chi connectivity index (χ4v) is 1.90. The fraction of sp³-hybridized carbons (Fsp3) is 0.176. The molecule has 0 aromatic heterocycles. The van der Waals surface area contributed by atoms with Crippen LogP contribution in [0.1, 0.15) is 5.56 Å². The third-order valence-electron chi connectivity index (χ3n) is 3.15. The number of rotatable bonds is 7. The largest absolute Gasteiger partial charge is 0.504 e. The van der Waals surface area contributed by atoms with Crippen LogP contribution in [0.15, 0.2) is 47.6 Å². The Balaban J connectivity index is 1.80. The standard InChI is InChI=1S/C17H19N3O4/c1-23-14-6-4-13(5-7-14)18-11-17(22)20-19-10-12-3-8-16(24-2)15(21)9-12/h3-10,18,21H,11H2,1-2H3,(H,20,22)/b19-10-. The summed E-state index contributed by atoms with van der Waals surface area (Å²) in [7, 11) is 3.06. The van der Waals surface area contributed by atoms with Gasteiger partial charge in [-0.3, -0.25) is 4.79 Å². The Hall–Kier alpha value is -3.22. The number of carbonyl (C=O) groups is 1. The number of nitrogens with zero attached hydrogens (tertiary/aromatic N) is 1. The summed E-state index contributed by atoms with van der Waals surface area (Å²) in [5.41, 5.74) is 3.84. The smallest absolute Gasteiger partial charge is 0.259 e. The molecule has 1 amide bonds. The third kappa shape index (κ3) is 4.91. The lowest BCUT2D eigenvalue weighted by Gasteiger charge is -2.06. The maximum absolute atomic E-state index is 11.7. The first-order valence-corrected chi connectivity index (χ1v) is 7.19. The summed E-state index contributed by atoms with van der Waals surface area (Å²) in [5.74, 6) is 0.839. The van der Waals surface area contributed by atoms with E-state index >= 15 is 0 Å². The molecule has 0 heterocycles. The molecule has 2 aromatic carbocycles. The molecule has 0 aliphatic carbocycles. The molecular weight excluding hydrogens is 310 g/mol.